The topological polar surface area (TPSA) is 33.1 Å². The van der Waals surface area contributed by atoms with Crippen LogP contribution in [0.4, 0.5) is 0 Å². The molecule has 1 N–H and O–H groups in total. The minimum Gasteiger partial charge on any atom is -0.396 e. The van der Waals surface area contributed by atoms with Gasteiger partial charge in [0.2, 0.25) is 0 Å². The van der Waals surface area contributed by atoms with Gasteiger partial charge >= 0.3 is 0 Å². The first-order valence-electron chi connectivity index (χ1n) is 3.85. The van der Waals surface area contributed by atoms with Gasteiger partial charge in [0.1, 0.15) is 0 Å². The Morgan fingerprint density at radius 3 is 3.00 bits per heavy atom. The van der Waals surface area contributed by atoms with Crippen molar-refractivity contribution >= 4 is 0 Å². The van der Waals surface area contributed by atoms with E-state index in [4.69, 9.17) is 5.11 Å². The quantitative estimate of drug-likeness (QED) is 0.711. The predicted octanol–water partition coefficient (Wildman–Crippen LogP) is 1.57. The maximum absolute atomic E-state index is 8.68. The molecule has 0 aliphatic rings. The standard InChI is InChI=1S/C9H13NO/c1-8(4-6-11)9-3-2-5-10-7-9/h2-3,5,7-8,11H,4,6H2,1H3. The Morgan fingerprint density at radius 2 is 2.45 bits per heavy atom. The molecule has 1 rings (SSSR count). The summed E-state index contributed by atoms with van der Waals surface area (Å²) < 4.78 is 0. The molecule has 2 heteroatoms. The van der Waals surface area contributed by atoms with Gasteiger partial charge < -0.3 is 5.11 Å². The van der Waals surface area contributed by atoms with Crippen LogP contribution in [0.25, 0.3) is 0 Å². The lowest BCUT2D eigenvalue weighted by atomic mass is 10.0. The second-order valence-electron chi connectivity index (χ2n) is 2.70. The van der Waals surface area contributed by atoms with Gasteiger partial charge in [-0.1, -0.05) is 13.0 Å². The molecule has 1 heterocycles. The lowest BCUT2D eigenvalue weighted by Gasteiger charge is -2.07. The Morgan fingerprint density at radius 1 is 1.64 bits per heavy atom. The fourth-order valence-electron chi connectivity index (χ4n) is 1.03. The van der Waals surface area contributed by atoms with Crippen LogP contribution in [0.15, 0.2) is 24.5 Å². The van der Waals surface area contributed by atoms with Crippen LogP contribution in [0.3, 0.4) is 0 Å². The largest absolute Gasteiger partial charge is 0.396 e. The van der Waals surface area contributed by atoms with Crippen LogP contribution in [-0.2, 0) is 0 Å². The molecule has 0 radical (unpaired) electrons. The van der Waals surface area contributed by atoms with Gasteiger partial charge in [0, 0.05) is 19.0 Å². The number of rotatable bonds is 3. The van der Waals surface area contributed by atoms with E-state index in [0.29, 0.717) is 5.92 Å². The minimum absolute atomic E-state index is 0.246. The van der Waals surface area contributed by atoms with E-state index in [2.05, 4.69) is 11.9 Å². The molecule has 0 spiro atoms. The summed E-state index contributed by atoms with van der Waals surface area (Å²) in [5, 5.41) is 8.68. The van der Waals surface area contributed by atoms with Gasteiger partial charge in [-0.05, 0) is 24.0 Å². The SMILES string of the molecule is CC(CCO)c1cccnc1. The number of aliphatic hydroxyl groups excluding tert-OH is 1. The van der Waals surface area contributed by atoms with Gasteiger partial charge in [-0.15, -0.1) is 0 Å². The van der Waals surface area contributed by atoms with Crippen LogP contribution in [0.5, 0.6) is 0 Å². The number of aliphatic hydroxyl groups is 1. The second kappa shape index (κ2) is 4.09. The van der Waals surface area contributed by atoms with E-state index in [0.717, 1.165) is 6.42 Å². The third-order valence-electron chi connectivity index (χ3n) is 1.82. The highest BCUT2D eigenvalue weighted by molar-refractivity contribution is 5.13. The summed E-state index contributed by atoms with van der Waals surface area (Å²) in [4.78, 5) is 4.01. The van der Waals surface area contributed by atoms with Crippen molar-refractivity contribution < 1.29 is 5.11 Å². The van der Waals surface area contributed by atoms with E-state index < -0.39 is 0 Å². The van der Waals surface area contributed by atoms with Gasteiger partial charge in [0.25, 0.3) is 0 Å². The van der Waals surface area contributed by atoms with Crippen LogP contribution >= 0.6 is 0 Å². The second-order valence-corrected chi connectivity index (χ2v) is 2.70. The van der Waals surface area contributed by atoms with Gasteiger partial charge in [0.05, 0.1) is 0 Å². The number of pyridine rings is 1. The Kier molecular flexibility index (Phi) is 3.05. The number of nitrogens with zero attached hydrogens (tertiary/aromatic N) is 1. The molecule has 0 fully saturated rings. The summed E-state index contributed by atoms with van der Waals surface area (Å²) in [5.41, 5.74) is 1.20. The lowest BCUT2D eigenvalue weighted by molar-refractivity contribution is 0.278. The van der Waals surface area contributed by atoms with Crippen LogP contribution in [0, 0.1) is 0 Å². The average Bonchev–Trinajstić information content (AvgIpc) is 2.07. The summed E-state index contributed by atoms with van der Waals surface area (Å²) in [7, 11) is 0. The molecule has 11 heavy (non-hydrogen) atoms. The van der Waals surface area contributed by atoms with E-state index in [1.165, 1.54) is 5.56 Å². The van der Waals surface area contributed by atoms with Gasteiger partial charge in [-0.3, -0.25) is 4.98 Å². The van der Waals surface area contributed by atoms with Gasteiger partial charge in [0.15, 0.2) is 0 Å². The molecule has 0 aliphatic heterocycles. The molecule has 1 atom stereocenters. The van der Waals surface area contributed by atoms with E-state index in [1.54, 1.807) is 6.20 Å². The highest BCUT2D eigenvalue weighted by Crippen LogP contribution is 2.16. The number of aromatic nitrogens is 1. The molecule has 0 amide bonds. The minimum atomic E-state index is 0.246. The molecule has 0 aliphatic carbocycles. The first kappa shape index (κ1) is 8.21. The zero-order valence-electron chi connectivity index (χ0n) is 6.70. The molecule has 1 unspecified atom stereocenters. The maximum atomic E-state index is 8.68. The molecule has 1 aromatic heterocycles. The van der Waals surface area contributed by atoms with Crippen molar-refractivity contribution in [3.63, 3.8) is 0 Å². The smallest absolute Gasteiger partial charge is 0.0436 e. The third-order valence-corrected chi connectivity index (χ3v) is 1.82. The van der Waals surface area contributed by atoms with Crippen molar-refractivity contribution in [2.45, 2.75) is 19.3 Å². The molecular weight excluding hydrogens is 138 g/mol. The molecule has 0 aromatic carbocycles. The monoisotopic (exact) mass is 151 g/mol. The highest BCUT2D eigenvalue weighted by Gasteiger charge is 2.02. The summed E-state index contributed by atoms with van der Waals surface area (Å²) in [6.45, 7) is 2.34. The Bertz CT molecular complexity index is 198. The lowest BCUT2D eigenvalue weighted by Crippen LogP contribution is -1.96. The summed E-state index contributed by atoms with van der Waals surface area (Å²) in [6.07, 6.45) is 4.42. The number of hydrogen-bond acceptors (Lipinski definition) is 2. The molecule has 0 saturated carbocycles. The summed E-state index contributed by atoms with van der Waals surface area (Å²) >= 11 is 0. The zero-order valence-corrected chi connectivity index (χ0v) is 6.70. The van der Waals surface area contributed by atoms with Gasteiger partial charge in [-0.2, -0.15) is 0 Å². The Labute approximate surface area is 66.9 Å². The van der Waals surface area contributed by atoms with Crippen molar-refractivity contribution in [2.75, 3.05) is 6.61 Å². The van der Waals surface area contributed by atoms with E-state index in [-0.39, 0.29) is 6.61 Å². The normalized spacial score (nSPS) is 12.9. The zero-order chi connectivity index (χ0) is 8.10. The van der Waals surface area contributed by atoms with Crippen molar-refractivity contribution in [3.05, 3.63) is 30.1 Å². The highest BCUT2D eigenvalue weighted by atomic mass is 16.3. The van der Waals surface area contributed by atoms with Crippen molar-refractivity contribution in [1.82, 2.24) is 4.98 Å². The van der Waals surface area contributed by atoms with Crippen LogP contribution in [0.2, 0.25) is 0 Å². The van der Waals surface area contributed by atoms with E-state index in [9.17, 15) is 0 Å². The van der Waals surface area contributed by atoms with Crippen LogP contribution < -0.4 is 0 Å². The van der Waals surface area contributed by atoms with Crippen molar-refractivity contribution in [1.29, 1.82) is 0 Å². The molecule has 0 bridgehead atoms. The van der Waals surface area contributed by atoms with E-state index >= 15 is 0 Å². The summed E-state index contributed by atoms with van der Waals surface area (Å²) in [5.74, 6) is 0.411. The summed E-state index contributed by atoms with van der Waals surface area (Å²) in [6, 6.07) is 3.95. The van der Waals surface area contributed by atoms with Crippen molar-refractivity contribution in [3.8, 4) is 0 Å². The molecule has 1 aromatic rings. The fourth-order valence-corrected chi connectivity index (χ4v) is 1.03. The first-order valence-corrected chi connectivity index (χ1v) is 3.85. The third kappa shape index (κ3) is 2.31. The Hall–Kier alpha value is -0.890. The maximum Gasteiger partial charge on any atom is 0.0436 e. The van der Waals surface area contributed by atoms with Crippen LogP contribution in [-0.4, -0.2) is 16.7 Å². The first-order chi connectivity index (χ1) is 5.34. The molecule has 2 nitrogen and oxygen atoms in total. The van der Waals surface area contributed by atoms with E-state index in [1.807, 2.05) is 18.3 Å². The Balaban J connectivity index is 2.61. The van der Waals surface area contributed by atoms with Crippen molar-refractivity contribution in [2.24, 2.45) is 0 Å². The van der Waals surface area contributed by atoms with Gasteiger partial charge in [-0.25, -0.2) is 0 Å². The molecule has 60 valence electrons. The fraction of sp³-hybridized carbons (Fsp3) is 0.444. The molecular formula is C9H13NO. The molecule has 0 saturated heterocycles. The number of hydrogen-bond donors (Lipinski definition) is 1. The predicted molar refractivity (Wildman–Crippen MR) is 44.4 cm³/mol. The average molecular weight is 151 g/mol. The van der Waals surface area contributed by atoms with Crippen LogP contribution in [0.1, 0.15) is 24.8 Å².